The Kier molecular flexibility index (Phi) is 7.85. The third-order valence-corrected chi connectivity index (χ3v) is 10.5. The molecule has 1 aromatic heterocycles. The summed E-state index contributed by atoms with van der Waals surface area (Å²) in [5.74, 6) is 0. The fourth-order valence-corrected chi connectivity index (χ4v) is 7.81. The van der Waals surface area contributed by atoms with Crippen molar-refractivity contribution >= 4 is 49.8 Å². The second-order valence-electron chi connectivity index (χ2n) is 13.7. The van der Waals surface area contributed by atoms with Crippen molar-refractivity contribution in [2.24, 2.45) is 0 Å². The van der Waals surface area contributed by atoms with Gasteiger partial charge in [-0.15, -0.1) is 0 Å². The summed E-state index contributed by atoms with van der Waals surface area (Å²) in [4.78, 5) is 2.33. The Balaban J connectivity index is 1.15. The molecule has 10 aromatic rings. The van der Waals surface area contributed by atoms with Crippen LogP contribution in [-0.2, 0) is 0 Å². The first-order valence-electron chi connectivity index (χ1n) is 18.4. The predicted molar refractivity (Wildman–Crippen MR) is 228 cm³/mol. The minimum absolute atomic E-state index is 0.857. The first kappa shape index (κ1) is 31.6. The molecule has 0 unspecified atom stereocenters. The van der Waals surface area contributed by atoms with Crippen molar-refractivity contribution in [1.82, 2.24) is 0 Å². The Morgan fingerprint density at radius 1 is 0.315 bits per heavy atom. The second-order valence-corrected chi connectivity index (χ2v) is 13.7. The van der Waals surface area contributed by atoms with Crippen molar-refractivity contribution in [2.75, 3.05) is 4.90 Å². The zero-order valence-electron chi connectivity index (χ0n) is 29.6. The minimum Gasteiger partial charge on any atom is -0.454 e. The maximum atomic E-state index is 6.97. The van der Waals surface area contributed by atoms with Crippen LogP contribution in [-0.4, -0.2) is 0 Å². The fraction of sp³-hybridized carbons (Fsp3) is 0. The normalized spacial score (nSPS) is 11.3. The van der Waals surface area contributed by atoms with Crippen molar-refractivity contribution in [3.05, 3.63) is 212 Å². The van der Waals surface area contributed by atoms with Crippen LogP contribution in [0.4, 0.5) is 17.1 Å². The molecule has 0 atom stereocenters. The highest BCUT2D eigenvalue weighted by Gasteiger charge is 2.23. The number of benzene rings is 9. The Labute approximate surface area is 314 Å². The van der Waals surface area contributed by atoms with Crippen molar-refractivity contribution in [3.63, 3.8) is 0 Å². The van der Waals surface area contributed by atoms with Gasteiger partial charge in [-0.1, -0.05) is 176 Å². The standard InChI is InChI=1S/C52H35NO/c1-4-12-36(13-5-1)38-20-22-39(23-21-38)41-26-31-45(32-27-41)53(44-29-24-40(25-30-44)37-14-6-2-7-15-37)48-34-33-47(42-16-8-3-9-17-42)51-50-46-19-11-10-18-43(46)28-35-49(50)54-52(48)51/h1-35H. The summed E-state index contributed by atoms with van der Waals surface area (Å²) in [6.07, 6.45) is 0. The number of fused-ring (bicyclic) bond motifs is 5. The van der Waals surface area contributed by atoms with E-state index < -0.39 is 0 Å². The van der Waals surface area contributed by atoms with Crippen molar-refractivity contribution in [1.29, 1.82) is 0 Å². The Morgan fingerprint density at radius 2 is 0.759 bits per heavy atom. The number of rotatable bonds is 7. The van der Waals surface area contributed by atoms with Crippen LogP contribution in [0.2, 0.25) is 0 Å². The average molecular weight is 690 g/mol. The lowest BCUT2D eigenvalue weighted by Gasteiger charge is -2.26. The molecule has 0 fully saturated rings. The molecule has 0 saturated heterocycles. The van der Waals surface area contributed by atoms with Crippen LogP contribution in [0.5, 0.6) is 0 Å². The van der Waals surface area contributed by atoms with Crippen molar-refractivity contribution in [2.45, 2.75) is 0 Å². The summed E-state index contributed by atoms with van der Waals surface area (Å²) < 4.78 is 6.97. The second kappa shape index (κ2) is 13.4. The van der Waals surface area contributed by atoms with Crippen LogP contribution in [0, 0.1) is 0 Å². The van der Waals surface area contributed by atoms with E-state index in [0.717, 1.165) is 55.7 Å². The Hall–Kier alpha value is -7.16. The molecule has 9 aromatic carbocycles. The van der Waals surface area contributed by atoms with Crippen molar-refractivity contribution < 1.29 is 4.42 Å². The van der Waals surface area contributed by atoms with Crippen LogP contribution < -0.4 is 4.90 Å². The number of nitrogens with zero attached hydrogens (tertiary/aromatic N) is 1. The van der Waals surface area contributed by atoms with E-state index in [-0.39, 0.29) is 0 Å². The van der Waals surface area contributed by atoms with Gasteiger partial charge in [-0.2, -0.15) is 0 Å². The zero-order valence-corrected chi connectivity index (χ0v) is 29.6. The van der Waals surface area contributed by atoms with Gasteiger partial charge in [0.1, 0.15) is 5.58 Å². The molecule has 2 nitrogen and oxygen atoms in total. The van der Waals surface area contributed by atoms with Gasteiger partial charge in [-0.05, 0) is 91.7 Å². The molecular formula is C52H35NO. The van der Waals surface area contributed by atoms with E-state index in [1.165, 1.54) is 38.6 Å². The number of furan rings is 1. The van der Waals surface area contributed by atoms with Gasteiger partial charge in [-0.25, -0.2) is 0 Å². The first-order valence-corrected chi connectivity index (χ1v) is 18.4. The minimum atomic E-state index is 0.857. The van der Waals surface area contributed by atoms with Gasteiger partial charge < -0.3 is 9.32 Å². The van der Waals surface area contributed by atoms with E-state index >= 15 is 0 Å². The molecule has 0 saturated carbocycles. The molecule has 0 aliphatic heterocycles. The zero-order chi connectivity index (χ0) is 35.8. The highest BCUT2D eigenvalue weighted by molar-refractivity contribution is 6.25. The molecule has 0 spiro atoms. The average Bonchev–Trinajstić information content (AvgIpc) is 3.66. The van der Waals surface area contributed by atoms with E-state index in [1.807, 2.05) is 0 Å². The van der Waals surface area contributed by atoms with Gasteiger partial charge in [0.2, 0.25) is 0 Å². The van der Waals surface area contributed by atoms with Crippen LogP contribution >= 0.6 is 0 Å². The lowest BCUT2D eigenvalue weighted by molar-refractivity contribution is 0.669. The topological polar surface area (TPSA) is 16.4 Å². The maximum absolute atomic E-state index is 6.97. The van der Waals surface area contributed by atoms with Gasteiger partial charge in [-0.3, -0.25) is 0 Å². The number of hydrogen-bond donors (Lipinski definition) is 0. The molecule has 54 heavy (non-hydrogen) atoms. The van der Waals surface area contributed by atoms with Gasteiger partial charge in [0, 0.05) is 22.1 Å². The molecule has 254 valence electrons. The molecule has 0 amide bonds. The smallest absolute Gasteiger partial charge is 0.160 e. The van der Waals surface area contributed by atoms with Crippen LogP contribution in [0.3, 0.4) is 0 Å². The SMILES string of the molecule is c1ccc(-c2ccc(-c3ccc(N(c4ccc(-c5ccccc5)cc4)c4ccc(-c5ccccc5)c5c4oc4ccc6ccccc6c45)cc3)cc2)cc1. The summed E-state index contributed by atoms with van der Waals surface area (Å²) in [6, 6.07) is 75.6. The summed E-state index contributed by atoms with van der Waals surface area (Å²) in [6.45, 7) is 0. The van der Waals surface area contributed by atoms with Crippen molar-refractivity contribution in [3.8, 4) is 44.5 Å². The van der Waals surface area contributed by atoms with Crippen LogP contribution in [0.1, 0.15) is 0 Å². The molecular weight excluding hydrogens is 655 g/mol. The highest BCUT2D eigenvalue weighted by atomic mass is 16.3. The van der Waals surface area contributed by atoms with Crippen LogP contribution in [0.15, 0.2) is 217 Å². The Morgan fingerprint density at radius 3 is 1.30 bits per heavy atom. The highest BCUT2D eigenvalue weighted by Crippen LogP contribution is 2.47. The first-order chi connectivity index (χ1) is 26.8. The predicted octanol–water partition coefficient (Wildman–Crippen LogP) is 14.9. The van der Waals surface area contributed by atoms with Gasteiger partial charge in [0.25, 0.3) is 0 Å². The molecule has 0 aliphatic carbocycles. The summed E-state index contributed by atoms with van der Waals surface area (Å²) >= 11 is 0. The van der Waals surface area contributed by atoms with Crippen LogP contribution in [0.25, 0.3) is 77.2 Å². The molecule has 1 heterocycles. The van der Waals surface area contributed by atoms with E-state index in [2.05, 4.69) is 217 Å². The summed E-state index contributed by atoms with van der Waals surface area (Å²) in [5, 5.41) is 4.63. The third-order valence-electron chi connectivity index (χ3n) is 10.5. The molecule has 10 rings (SSSR count). The van der Waals surface area contributed by atoms with E-state index in [9.17, 15) is 0 Å². The lowest BCUT2D eigenvalue weighted by atomic mass is 9.95. The third kappa shape index (κ3) is 5.62. The molecule has 2 heteroatoms. The molecule has 0 radical (unpaired) electrons. The molecule has 0 bridgehead atoms. The number of anilines is 3. The summed E-state index contributed by atoms with van der Waals surface area (Å²) in [7, 11) is 0. The molecule has 0 aliphatic rings. The quantitative estimate of drug-likeness (QED) is 0.166. The van der Waals surface area contributed by atoms with Gasteiger partial charge >= 0.3 is 0 Å². The largest absolute Gasteiger partial charge is 0.454 e. The lowest BCUT2D eigenvalue weighted by Crippen LogP contribution is -2.10. The van der Waals surface area contributed by atoms with Gasteiger partial charge in [0.05, 0.1) is 5.69 Å². The number of hydrogen-bond acceptors (Lipinski definition) is 2. The van der Waals surface area contributed by atoms with E-state index in [1.54, 1.807) is 0 Å². The van der Waals surface area contributed by atoms with E-state index in [4.69, 9.17) is 4.42 Å². The summed E-state index contributed by atoms with van der Waals surface area (Å²) in [5.41, 5.74) is 14.3. The fourth-order valence-electron chi connectivity index (χ4n) is 7.81. The van der Waals surface area contributed by atoms with E-state index in [0.29, 0.717) is 0 Å². The monoisotopic (exact) mass is 689 g/mol. The molecule has 0 N–H and O–H groups in total. The Bertz CT molecular complexity index is 2880. The maximum Gasteiger partial charge on any atom is 0.160 e. The van der Waals surface area contributed by atoms with Gasteiger partial charge in [0.15, 0.2) is 5.58 Å².